The Bertz CT molecular complexity index is 299. The van der Waals surface area contributed by atoms with E-state index in [1.165, 1.54) is 32.6 Å². The third kappa shape index (κ3) is 6.07. The molecule has 0 radical (unpaired) electrons. The number of nitrogens with zero attached hydrogens (tertiary/aromatic N) is 2. The van der Waals surface area contributed by atoms with E-state index in [4.69, 9.17) is 0 Å². The van der Waals surface area contributed by atoms with Crippen LogP contribution in [0.1, 0.15) is 17.4 Å². The Kier molecular flexibility index (Phi) is 6.22. The maximum absolute atomic E-state index is 10.7. The molecular formula is C8H9ClN2O3. The molecule has 1 rings (SSSR count). The van der Waals surface area contributed by atoms with Gasteiger partial charge in [0.25, 0.3) is 0 Å². The summed E-state index contributed by atoms with van der Waals surface area (Å²) < 4.78 is 4.39. The summed E-state index contributed by atoms with van der Waals surface area (Å²) in [6.07, 6.45) is 4.28. The lowest BCUT2D eigenvalue weighted by atomic mass is 10.5. The second-order valence-corrected chi connectivity index (χ2v) is 2.58. The molecule has 1 aromatic heterocycles. The molecule has 1 aromatic rings. The van der Waals surface area contributed by atoms with Gasteiger partial charge in [-0.05, 0) is 11.6 Å². The molecule has 0 aliphatic carbocycles. The predicted molar refractivity (Wildman–Crippen MR) is 49.9 cm³/mol. The van der Waals surface area contributed by atoms with Crippen molar-refractivity contribution in [2.45, 2.75) is 6.92 Å². The van der Waals surface area contributed by atoms with Crippen LogP contribution in [0.15, 0.2) is 18.6 Å². The van der Waals surface area contributed by atoms with E-state index in [0.29, 0.717) is 0 Å². The van der Waals surface area contributed by atoms with Crippen LogP contribution in [0.3, 0.4) is 0 Å². The standard InChI is InChI=1S/C6H6N2O2.C2H3ClO/c1-10-6(9)5-4-7-2-3-8-5;1-2(3)4/h2-4H,1H3;1H3. The van der Waals surface area contributed by atoms with E-state index in [1.807, 2.05) is 0 Å². The fraction of sp³-hybridized carbons (Fsp3) is 0.250. The van der Waals surface area contributed by atoms with Crippen molar-refractivity contribution in [1.29, 1.82) is 0 Å². The van der Waals surface area contributed by atoms with Crippen LogP contribution in [0, 0.1) is 0 Å². The molecule has 0 aliphatic heterocycles. The molecule has 5 nitrogen and oxygen atoms in total. The van der Waals surface area contributed by atoms with Crippen LogP contribution in [0.2, 0.25) is 0 Å². The van der Waals surface area contributed by atoms with Crippen molar-refractivity contribution in [2.24, 2.45) is 0 Å². The quantitative estimate of drug-likeness (QED) is 0.518. The minimum atomic E-state index is -0.465. The molecule has 1 heterocycles. The molecule has 0 bridgehead atoms. The minimum Gasteiger partial charge on any atom is -0.464 e. The fourth-order valence-corrected chi connectivity index (χ4v) is 0.509. The number of carbonyl (C=O) groups excluding carboxylic acids is 2. The van der Waals surface area contributed by atoms with Gasteiger partial charge in [0.2, 0.25) is 5.24 Å². The van der Waals surface area contributed by atoms with Gasteiger partial charge in [0.05, 0.1) is 13.3 Å². The molecule has 0 saturated carbocycles. The smallest absolute Gasteiger partial charge is 0.358 e. The maximum Gasteiger partial charge on any atom is 0.358 e. The van der Waals surface area contributed by atoms with Crippen molar-refractivity contribution in [2.75, 3.05) is 7.11 Å². The van der Waals surface area contributed by atoms with Gasteiger partial charge in [-0.1, -0.05) is 0 Å². The van der Waals surface area contributed by atoms with Crippen LogP contribution in [-0.4, -0.2) is 28.3 Å². The van der Waals surface area contributed by atoms with E-state index in [9.17, 15) is 9.59 Å². The highest BCUT2D eigenvalue weighted by Crippen LogP contribution is 1.91. The van der Waals surface area contributed by atoms with E-state index in [-0.39, 0.29) is 10.9 Å². The highest BCUT2D eigenvalue weighted by molar-refractivity contribution is 6.62. The maximum atomic E-state index is 10.7. The van der Waals surface area contributed by atoms with E-state index >= 15 is 0 Å². The van der Waals surface area contributed by atoms with Crippen LogP contribution < -0.4 is 0 Å². The lowest BCUT2D eigenvalue weighted by Crippen LogP contribution is -2.03. The van der Waals surface area contributed by atoms with Crippen molar-refractivity contribution in [3.8, 4) is 0 Å². The molecule has 0 saturated heterocycles. The lowest BCUT2D eigenvalue weighted by Gasteiger charge is -1.93. The molecule has 0 atom stereocenters. The average Bonchev–Trinajstić information content (AvgIpc) is 2.17. The summed E-state index contributed by atoms with van der Waals surface area (Å²) in [5.74, 6) is -0.465. The molecule has 0 unspecified atom stereocenters. The van der Waals surface area contributed by atoms with Crippen LogP contribution in [0.4, 0.5) is 0 Å². The number of rotatable bonds is 1. The largest absolute Gasteiger partial charge is 0.464 e. The number of hydrogen-bond donors (Lipinski definition) is 0. The van der Waals surface area contributed by atoms with E-state index in [0.717, 1.165) is 0 Å². The summed E-state index contributed by atoms with van der Waals surface area (Å²) in [4.78, 5) is 27.3. The van der Waals surface area contributed by atoms with Crippen molar-refractivity contribution in [1.82, 2.24) is 9.97 Å². The van der Waals surface area contributed by atoms with Gasteiger partial charge < -0.3 is 4.74 Å². The Morgan fingerprint density at radius 3 is 2.36 bits per heavy atom. The SMILES string of the molecule is CC(=O)Cl.COC(=O)c1cnccn1. The Balaban J connectivity index is 0.000000364. The number of methoxy groups -OCH3 is 1. The van der Waals surface area contributed by atoms with Crippen LogP contribution in [0.5, 0.6) is 0 Å². The van der Waals surface area contributed by atoms with Gasteiger partial charge in [0, 0.05) is 19.3 Å². The second-order valence-electron chi connectivity index (χ2n) is 2.05. The first-order valence-corrected chi connectivity index (χ1v) is 3.96. The van der Waals surface area contributed by atoms with E-state index < -0.39 is 5.97 Å². The van der Waals surface area contributed by atoms with Crippen LogP contribution in [0.25, 0.3) is 0 Å². The summed E-state index contributed by atoms with van der Waals surface area (Å²) in [6.45, 7) is 1.29. The Hall–Kier alpha value is -1.49. The number of ether oxygens (including phenoxy) is 1. The third-order valence-electron chi connectivity index (χ3n) is 0.958. The zero-order chi connectivity index (χ0) is 11.0. The van der Waals surface area contributed by atoms with Gasteiger partial charge >= 0.3 is 5.97 Å². The normalized spacial score (nSPS) is 8.21. The number of hydrogen-bond acceptors (Lipinski definition) is 5. The lowest BCUT2D eigenvalue weighted by molar-refractivity contribution is -0.109. The highest BCUT2D eigenvalue weighted by Gasteiger charge is 2.03. The first-order valence-electron chi connectivity index (χ1n) is 3.58. The topological polar surface area (TPSA) is 69.2 Å². The van der Waals surface area contributed by atoms with Gasteiger partial charge in [-0.15, -0.1) is 0 Å². The van der Waals surface area contributed by atoms with Crippen molar-refractivity contribution in [3.63, 3.8) is 0 Å². The number of esters is 1. The van der Waals surface area contributed by atoms with Crippen molar-refractivity contribution in [3.05, 3.63) is 24.3 Å². The molecule has 0 spiro atoms. The molecule has 76 valence electrons. The Morgan fingerprint density at radius 1 is 1.43 bits per heavy atom. The van der Waals surface area contributed by atoms with Gasteiger partial charge in [0.1, 0.15) is 0 Å². The summed E-state index contributed by atoms with van der Waals surface area (Å²) in [6, 6.07) is 0. The van der Waals surface area contributed by atoms with Crippen LogP contribution in [-0.2, 0) is 9.53 Å². The molecule has 0 N–H and O–H groups in total. The van der Waals surface area contributed by atoms with Crippen LogP contribution >= 0.6 is 11.6 Å². The summed E-state index contributed by atoms with van der Waals surface area (Å²) in [5.41, 5.74) is 0.227. The predicted octanol–water partition coefficient (Wildman–Crippen LogP) is 1.03. The molecule has 0 fully saturated rings. The molecular weight excluding hydrogens is 208 g/mol. The Morgan fingerprint density at radius 2 is 2.00 bits per heavy atom. The van der Waals surface area contributed by atoms with Gasteiger partial charge in [-0.3, -0.25) is 9.78 Å². The van der Waals surface area contributed by atoms with Gasteiger partial charge in [-0.2, -0.15) is 0 Å². The van der Waals surface area contributed by atoms with Crippen molar-refractivity contribution < 1.29 is 14.3 Å². The van der Waals surface area contributed by atoms with Gasteiger partial charge in [0.15, 0.2) is 5.69 Å². The zero-order valence-corrected chi connectivity index (χ0v) is 8.49. The third-order valence-corrected chi connectivity index (χ3v) is 0.958. The number of halogens is 1. The summed E-state index contributed by atoms with van der Waals surface area (Å²) in [5, 5.41) is -0.361. The molecule has 14 heavy (non-hydrogen) atoms. The zero-order valence-electron chi connectivity index (χ0n) is 7.73. The molecule has 0 amide bonds. The molecule has 0 aliphatic rings. The number of aromatic nitrogens is 2. The monoisotopic (exact) mass is 216 g/mol. The average molecular weight is 217 g/mol. The Labute approximate surface area is 86.1 Å². The minimum absolute atomic E-state index is 0.227. The van der Waals surface area contributed by atoms with Gasteiger partial charge in [-0.25, -0.2) is 9.78 Å². The van der Waals surface area contributed by atoms with E-state index in [1.54, 1.807) is 0 Å². The molecule has 0 aromatic carbocycles. The highest BCUT2D eigenvalue weighted by atomic mass is 35.5. The number of carbonyl (C=O) groups is 2. The van der Waals surface area contributed by atoms with Crippen molar-refractivity contribution >= 4 is 22.8 Å². The summed E-state index contributed by atoms with van der Waals surface area (Å²) >= 11 is 4.64. The summed E-state index contributed by atoms with van der Waals surface area (Å²) in [7, 11) is 1.30. The fourth-order valence-electron chi connectivity index (χ4n) is 0.509. The second kappa shape index (κ2) is 6.97. The van der Waals surface area contributed by atoms with E-state index in [2.05, 4.69) is 26.3 Å². The molecule has 6 heteroatoms. The first-order chi connectivity index (χ1) is 6.57. The first kappa shape index (κ1) is 12.5.